The molecular formula is C16H21N3. The second-order valence-corrected chi connectivity index (χ2v) is 4.66. The van der Waals surface area contributed by atoms with Gasteiger partial charge < -0.3 is 5.32 Å². The van der Waals surface area contributed by atoms with Crippen LogP contribution in [0.3, 0.4) is 0 Å². The fourth-order valence-corrected chi connectivity index (χ4v) is 2.00. The van der Waals surface area contributed by atoms with E-state index in [1.54, 1.807) is 6.33 Å². The molecule has 0 bridgehead atoms. The average molecular weight is 255 g/mol. The molecule has 1 N–H and O–H groups in total. The van der Waals surface area contributed by atoms with Gasteiger partial charge in [-0.2, -0.15) is 0 Å². The molecule has 1 aromatic heterocycles. The van der Waals surface area contributed by atoms with Crippen molar-refractivity contribution in [1.29, 1.82) is 0 Å². The predicted molar refractivity (Wildman–Crippen MR) is 80.2 cm³/mol. The first-order valence-corrected chi connectivity index (χ1v) is 6.98. The maximum absolute atomic E-state index is 4.34. The Bertz CT molecular complexity index is 506. The molecule has 2 aromatic rings. The summed E-state index contributed by atoms with van der Waals surface area (Å²) in [6.45, 7) is 5.28. The van der Waals surface area contributed by atoms with Crippen LogP contribution in [-0.2, 0) is 6.42 Å². The molecule has 0 aliphatic carbocycles. The van der Waals surface area contributed by atoms with Gasteiger partial charge in [-0.15, -0.1) is 0 Å². The molecule has 0 radical (unpaired) electrons. The van der Waals surface area contributed by atoms with Crippen molar-refractivity contribution in [3.63, 3.8) is 0 Å². The lowest BCUT2D eigenvalue weighted by atomic mass is 10.1. The Morgan fingerprint density at radius 3 is 2.47 bits per heavy atom. The van der Waals surface area contributed by atoms with Crippen LogP contribution in [0.5, 0.6) is 0 Å². The third kappa shape index (κ3) is 3.78. The molecule has 0 spiro atoms. The van der Waals surface area contributed by atoms with Gasteiger partial charge in [0, 0.05) is 18.2 Å². The smallest absolute Gasteiger partial charge is 0.129 e. The zero-order chi connectivity index (χ0) is 13.5. The molecule has 3 nitrogen and oxygen atoms in total. The van der Waals surface area contributed by atoms with Crippen molar-refractivity contribution in [3.05, 3.63) is 42.2 Å². The van der Waals surface area contributed by atoms with Crippen LogP contribution in [0.15, 0.2) is 36.7 Å². The van der Waals surface area contributed by atoms with Gasteiger partial charge in [0.05, 0.1) is 5.69 Å². The third-order valence-electron chi connectivity index (χ3n) is 3.01. The van der Waals surface area contributed by atoms with Crippen molar-refractivity contribution in [1.82, 2.24) is 9.97 Å². The minimum Gasteiger partial charge on any atom is -0.370 e. The highest BCUT2D eigenvalue weighted by Gasteiger charge is 2.02. The van der Waals surface area contributed by atoms with Crippen LogP contribution in [0.4, 0.5) is 5.82 Å². The number of benzene rings is 1. The number of anilines is 1. The number of hydrogen-bond acceptors (Lipinski definition) is 3. The van der Waals surface area contributed by atoms with Gasteiger partial charge in [-0.3, -0.25) is 0 Å². The van der Waals surface area contributed by atoms with Crippen LogP contribution in [0.1, 0.15) is 32.3 Å². The fraction of sp³-hybridized carbons (Fsp3) is 0.375. The van der Waals surface area contributed by atoms with Gasteiger partial charge in [0.25, 0.3) is 0 Å². The Kier molecular flexibility index (Phi) is 4.90. The minimum atomic E-state index is 0.893. The zero-order valence-electron chi connectivity index (χ0n) is 11.7. The van der Waals surface area contributed by atoms with E-state index in [1.165, 1.54) is 12.0 Å². The first kappa shape index (κ1) is 13.5. The van der Waals surface area contributed by atoms with Gasteiger partial charge in [-0.25, -0.2) is 9.97 Å². The lowest BCUT2D eigenvalue weighted by molar-refractivity contribution is 0.922. The van der Waals surface area contributed by atoms with Crippen molar-refractivity contribution in [2.75, 3.05) is 11.9 Å². The van der Waals surface area contributed by atoms with E-state index in [1.807, 2.05) is 6.07 Å². The SMILES string of the molecule is CCCNc1cc(-c2ccc(CCC)cc2)ncn1. The second-order valence-electron chi connectivity index (χ2n) is 4.66. The maximum Gasteiger partial charge on any atom is 0.129 e. The molecule has 100 valence electrons. The monoisotopic (exact) mass is 255 g/mol. The number of nitrogens with zero attached hydrogens (tertiary/aromatic N) is 2. The number of nitrogens with one attached hydrogen (secondary N) is 1. The highest BCUT2D eigenvalue weighted by Crippen LogP contribution is 2.19. The third-order valence-corrected chi connectivity index (χ3v) is 3.01. The summed E-state index contributed by atoms with van der Waals surface area (Å²) < 4.78 is 0. The Balaban J connectivity index is 2.16. The summed E-state index contributed by atoms with van der Waals surface area (Å²) in [6.07, 6.45) is 5.02. The molecule has 0 aliphatic rings. The molecule has 19 heavy (non-hydrogen) atoms. The van der Waals surface area contributed by atoms with Gasteiger partial charge in [0.15, 0.2) is 0 Å². The number of rotatable bonds is 6. The molecule has 0 amide bonds. The summed E-state index contributed by atoms with van der Waals surface area (Å²) in [5, 5.41) is 3.29. The highest BCUT2D eigenvalue weighted by atomic mass is 15.0. The zero-order valence-corrected chi connectivity index (χ0v) is 11.7. The summed E-state index contributed by atoms with van der Waals surface area (Å²) in [5.74, 6) is 0.893. The molecular weight excluding hydrogens is 234 g/mol. The van der Waals surface area contributed by atoms with Crippen LogP contribution in [-0.4, -0.2) is 16.5 Å². The fourth-order valence-electron chi connectivity index (χ4n) is 2.00. The van der Waals surface area contributed by atoms with Gasteiger partial charge in [0.2, 0.25) is 0 Å². The Labute approximate surface area is 115 Å². The van der Waals surface area contributed by atoms with Crippen molar-refractivity contribution >= 4 is 5.82 Å². The van der Waals surface area contributed by atoms with E-state index in [0.717, 1.165) is 36.5 Å². The Morgan fingerprint density at radius 1 is 1.00 bits per heavy atom. The molecule has 0 saturated heterocycles. The summed E-state index contributed by atoms with van der Waals surface area (Å²) in [5.41, 5.74) is 3.49. The standard InChI is InChI=1S/C16H21N3/c1-3-5-13-6-8-14(9-7-13)15-11-16(17-10-4-2)19-12-18-15/h6-9,11-12H,3-5,10H2,1-2H3,(H,17,18,19). The first-order valence-electron chi connectivity index (χ1n) is 6.98. The number of aromatic nitrogens is 2. The minimum absolute atomic E-state index is 0.893. The van der Waals surface area contributed by atoms with Gasteiger partial charge in [0.1, 0.15) is 12.1 Å². The quantitative estimate of drug-likeness (QED) is 0.850. The summed E-state index contributed by atoms with van der Waals surface area (Å²) in [4.78, 5) is 8.57. The number of hydrogen-bond donors (Lipinski definition) is 1. The lowest BCUT2D eigenvalue weighted by Crippen LogP contribution is -2.02. The van der Waals surface area contributed by atoms with Gasteiger partial charge >= 0.3 is 0 Å². The second kappa shape index (κ2) is 6.88. The van der Waals surface area contributed by atoms with Crippen LogP contribution < -0.4 is 5.32 Å². The first-order chi connectivity index (χ1) is 9.33. The van der Waals surface area contributed by atoms with Crippen molar-refractivity contribution in [2.45, 2.75) is 33.1 Å². The van der Waals surface area contributed by atoms with Crippen LogP contribution in [0, 0.1) is 0 Å². The van der Waals surface area contributed by atoms with E-state index in [9.17, 15) is 0 Å². The molecule has 0 saturated carbocycles. The van der Waals surface area contributed by atoms with Crippen LogP contribution >= 0.6 is 0 Å². The van der Waals surface area contributed by atoms with Gasteiger partial charge in [-0.1, -0.05) is 44.5 Å². The maximum atomic E-state index is 4.34. The molecule has 3 heteroatoms. The van der Waals surface area contributed by atoms with E-state index in [-0.39, 0.29) is 0 Å². The van der Waals surface area contributed by atoms with Crippen LogP contribution in [0.2, 0.25) is 0 Å². The Hall–Kier alpha value is -1.90. The van der Waals surface area contributed by atoms with Crippen molar-refractivity contribution in [3.8, 4) is 11.3 Å². The molecule has 0 aliphatic heterocycles. The lowest BCUT2D eigenvalue weighted by Gasteiger charge is -2.06. The largest absolute Gasteiger partial charge is 0.370 e. The molecule has 0 unspecified atom stereocenters. The van der Waals surface area contributed by atoms with Crippen molar-refractivity contribution in [2.24, 2.45) is 0 Å². The topological polar surface area (TPSA) is 37.8 Å². The van der Waals surface area contributed by atoms with Gasteiger partial charge in [-0.05, 0) is 18.4 Å². The normalized spacial score (nSPS) is 10.4. The van der Waals surface area contributed by atoms with Crippen LogP contribution in [0.25, 0.3) is 11.3 Å². The predicted octanol–water partition coefficient (Wildman–Crippen LogP) is 3.92. The van der Waals surface area contributed by atoms with E-state index < -0.39 is 0 Å². The summed E-state index contributed by atoms with van der Waals surface area (Å²) in [7, 11) is 0. The van der Waals surface area contributed by atoms with E-state index in [2.05, 4.69) is 53.4 Å². The van der Waals surface area contributed by atoms with E-state index in [0.29, 0.717) is 0 Å². The summed E-state index contributed by atoms with van der Waals surface area (Å²) >= 11 is 0. The van der Waals surface area contributed by atoms with E-state index >= 15 is 0 Å². The molecule has 0 fully saturated rings. The molecule has 2 rings (SSSR count). The highest BCUT2D eigenvalue weighted by molar-refractivity contribution is 5.62. The molecule has 0 atom stereocenters. The molecule has 1 heterocycles. The average Bonchev–Trinajstić information content (AvgIpc) is 2.46. The summed E-state index contributed by atoms with van der Waals surface area (Å²) in [6, 6.07) is 10.6. The van der Waals surface area contributed by atoms with Crippen molar-refractivity contribution < 1.29 is 0 Å². The number of aryl methyl sites for hydroxylation is 1. The molecule has 1 aromatic carbocycles. The van der Waals surface area contributed by atoms with E-state index in [4.69, 9.17) is 0 Å². The Morgan fingerprint density at radius 2 is 1.79 bits per heavy atom.